The van der Waals surface area contributed by atoms with Crippen LogP contribution in [0.15, 0.2) is 44.9 Å². The largest absolute Gasteiger partial charge is 0.603 e. The van der Waals surface area contributed by atoms with Gasteiger partial charge in [-0.1, -0.05) is 24.3 Å². The van der Waals surface area contributed by atoms with Crippen molar-refractivity contribution in [2.45, 2.75) is 45.2 Å². The summed E-state index contributed by atoms with van der Waals surface area (Å²) < 4.78 is 5.18. The summed E-state index contributed by atoms with van der Waals surface area (Å²) >= 11 is 0. The molecule has 1 amide bonds. The predicted molar refractivity (Wildman–Crippen MR) is 87.8 cm³/mol. The Morgan fingerprint density at radius 1 is 1.16 bits per heavy atom. The molecule has 0 aliphatic carbocycles. The maximum atomic E-state index is 12.4. The fraction of sp³-hybridized carbons (Fsp3) is 0.471. The second-order valence-electron chi connectivity index (χ2n) is 6.29. The van der Waals surface area contributed by atoms with Crippen LogP contribution in [0.5, 0.6) is 0 Å². The number of carbonyl (C=O) groups is 1. The second-order valence-corrected chi connectivity index (χ2v) is 6.29. The zero-order valence-corrected chi connectivity index (χ0v) is 14.3. The van der Waals surface area contributed by atoms with Crippen LogP contribution in [-0.4, -0.2) is 29.5 Å². The molecule has 8 heteroatoms. The third kappa shape index (κ3) is 3.84. The van der Waals surface area contributed by atoms with Crippen LogP contribution >= 0.6 is 0 Å². The maximum absolute atomic E-state index is 12.4. The van der Waals surface area contributed by atoms with E-state index in [-0.39, 0.29) is 24.6 Å². The number of hydrogen-bond acceptors (Lipinski definition) is 7. The van der Waals surface area contributed by atoms with Crippen molar-refractivity contribution in [2.24, 2.45) is 20.7 Å². The van der Waals surface area contributed by atoms with E-state index in [2.05, 4.69) is 20.7 Å². The molecule has 0 saturated carbocycles. The van der Waals surface area contributed by atoms with Gasteiger partial charge in [0.15, 0.2) is 0 Å². The molecule has 1 aromatic rings. The molecule has 3 rings (SSSR count). The highest BCUT2D eigenvalue weighted by Gasteiger charge is 2.27. The van der Waals surface area contributed by atoms with Crippen molar-refractivity contribution in [1.29, 1.82) is 0 Å². The van der Waals surface area contributed by atoms with E-state index in [0.29, 0.717) is 16.3 Å². The summed E-state index contributed by atoms with van der Waals surface area (Å²) in [6.45, 7) is 3.82. The van der Waals surface area contributed by atoms with E-state index >= 15 is 0 Å². The zero-order chi connectivity index (χ0) is 17.8. The van der Waals surface area contributed by atoms with Gasteiger partial charge in [0, 0.05) is 17.3 Å². The predicted octanol–water partition coefficient (Wildman–Crippen LogP) is 0.817. The molecule has 2 heterocycles. The molecule has 132 valence electrons. The Bertz CT molecular complexity index is 786. The lowest BCUT2D eigenvalue weighted by atomic mass is 9.97. The standard InChI is InChI=1S/C17H21N5O3/c1-11-4-3-5-12(2)22(11)15(23)10-25-17(24)14-8-6-13(7-9-14)16-18-20-21-19-16/h6-9,11-12,24H,3-5,10H2,1-2H3/p-1/t11-,12-/m1/s1. The summed E-state index contributed by atoms with van der Waals surface area (Å²) in [5, 5.41) is 27.5. The lowest BCUT2D eigenvalue weighted by molar-refractivity contribution is -0.291. The molecule has 0 bridgehead atoms. The van der Waals surface area contributed by atoms with Crippen LogP contribution in [0.25, 0.3) is 11.8 Å². The molecule has 2 atom stereocenters. The molecule has 0 unspecified atom stereocenters. The molecule has 1 aromatic carbocycles. The minimum atomic E-state index is -0.531. The Balaban J connectivity index is 1.69. The van der Waals surface area contributed by atoms with Gasteiger partial charge in [0.25, 0.3) is 0 Å². The minimum Gasteiger partial charge on any atom is -0.603 e. The summed E-state index contributed by atoms with van der Waals surface area (Å²) in [6, 6.07) is 6.94. The summed E-state index contributed by atoms with van der Waals surface area (Å²) in [5.41, 5.74) is 0. The van der Waals surface area contributed by atoms with Gasteiger partial charge in [-0.15, -0.1) is 10.2 Å². The second kappa shape index (κ2) is 7.42. The first-order chi connectivity index (χ1) is 12.1. The van der Waals surface area contributed by atoms with Gasteiger partial charge in [-0.05, 0) is 48.8 Å². The van der Waals surface area contributed by atoms with Crippen LogP contribution in [0.4, 0.5) is 0 Å². The molecule has 25 heavy (non-hydrogen) atoms. The van der Waals surface area contributed by atoms with E-state index in [4.69, 9.17) is 4.74 Å². The Morgan fingerprint density at radius 2 is 1.76 bits per heavy atom. The number of piperidine rings is 1. The van der Waals surface area contributed by atoms with Gasteiger partial charge >= 0.3 is 0 Å². The molecule has 1 saturated heterocycles. The van der Waals surface area contributed by atoms with Crippen LogP contribution in [0.2, 0.25) is 0 Å². The van der Waals surface area contributed by atoms with E-state index in [1.807, 2.05) is 18.7 Å². The van der Waals surface area contributed by atoms with E-state index in [1.54, 1.807) is 24.3 Å². The first-order valence-electron chi connectivity index (χ1n) is 8.33. The molecular formula is C17H20N5O3-. The van der Waals surface area contributed by atoms with Crippen LogP contribution < -0.4 is 15.5 Å². The van der Waals surface area contributed by atoms with E-state index in [0.717, 1.165) is 19.3 Å². The third-order valence-corrected chi connectivity index (χ3v) is 4.51. The van der Waals surface area contributed by atoms with Crippen molar-refractivity contribution in [3.63, 3.8) is 0 Å². The van der Waals surface area contributed by atoms with E-state index in [1.165, 1.54) is 0 Å². The topological polar surface area (TPSA) is 102 Å². The molecule has 0 aromatic heterocycles. The highest BCUT2D eigenvalue weighted by Crippen LogP contribution is 2.22. The SMILES string of the molecule is C[C@@H]1CCC[C@@H](C)N1C(=O)COC([O-])=c1ccc(=C2N=NN=N2)cc1. The highest BCUT2D eigenvalue weighted by atomic mass is 16.6. The number of likely N-dealkylation sites (tertiary alicyclic amines) is 1. The number of carbonyl (C=O) groups excluding carboxylic acids is 1. The summed E-state index contributed by atoms with van der Waals surface area (Å²) in [5.74, 6) is -0.285. The Hall–Kier alpha value is -2.77. The fourth-order valence-electron chi connectivity index (χ4n) is 3.21. The van der Waals surface area contributed by atoms with Crippen molar-refractivity contribution in [2.75, 3.05) is 6.61 Å². The van der Waals surface area contributed by atoms with Crippen LogP contribution in [-0.2, 0) is 9.53 Å². The van der Waals surface area contributed by atoms with Crippen LogP contribution in [0.3, 0.4) is 0 Å². The number of rotatable bonds is 3. The smallest absolute Gasteiger partial charge is 0.233 e. The van der Waals surface area contributed by atoms with Crippen molar-refractivity contribution in [3.8, 4) is 0 Å². The first kappa shape index (κ1) is 17.1. The normalized spacial score (nSPS) is 22.3. The van der Waals surface area contributed by atoms with Crippen molar-refractivity contribution in [3.05, 3.63) is 34.7 Å². The zero-order valence-electron chi connectivity index (χ0n) is 14.3. The molecule has 0 radical (unpaired) electrons. The van der Waals surface area contributed by atoms with Gasteiger partial charge in [0.1, 0.15) is 0 Å². The molecule has 2 aliphatic rings. The Kier molecular flexibility index (Phi) is 5.06. The van der Waals surface area contributed by atoms with Crippen LogP contribution in [0, 0.1) is 0 Å². The van der Waals surface area contributed by atoms with Gasteiger partial charge in [0.2, 0.25) is 11.7 Å². The summed E-state index contributed by atoms with van der Waals surface area (Å²) in [7, 11) is 0. The minimum absolute atomic E-state index is 0.146. The van der Waals surface area contributed by atoms with E-state index in [9.17, 15) is 9.90 Å². The lowest BCUT2D eigenvalue weighted by Crippen LogP contribution is -2.49. The van der Waals surface area contributed by atoms with Crippen molar-refractivity contribution < 1.29 is 14.6 Å². The monoisotopic (exact) mass is 342 g/mol. The first-order valence-corrected chi connectivity index (χ1v) is 8.33. The van der Waals surface area contributed by atoms with Gasteiger partial charge in [-0.2, -0.15) is 0 Å². The van der Waals surface area contributed by atoms with Crippen LogP contribution in [0.1, 0.15) is 33.1 Å². The molecule has 0 spiro atoms. The molecule has 0 N–H and O–H groups in total. The van der Waals surface area contributed by atoms with Gasteiger partial charge in [-0.25, -0.2) is 0 Å². The number of hydrogen-bond donors (Lipinski definition) is 0. The molecule has 8 nitrogen and oxygen atoms in total. The van der Waals surface area contributed by atoms with E-state index < -0.39 is 5.95 Å². The average Bonchev–Trinajstić information content (AvgIpc) is 3.14. The highest BCUT2D eigenvalue weighted by molar-refractivity contribution is 5.78. The lowest BCUT2D eigenvalue weighted by Gasteiger charge is -2.39. The number of nitrogens with zero attached hydrogens (tertiary/aromatic N) is 5. The number of amides is 1. The quantitative estimate of drug-likeness (QED) is 0.812. The van der Waals surface area contributed by atoms with Gasteiger partial charge in [0.05, 0.1) is 12.6 Å². The maximum Gasteiger partial charge on any atom is 0.233 e. The van der Waals surface area contributed by atoms with Gasteiger partial charge in [-0.3, -0.25) is 4.79 Å². The molecule has 1 fully saturated rings. The number of benzene rings is 1. The Morgan fingerprint density at radius 3 is 2.36 bits per heavy atom. The fourth-order valence-corrected chi connectivity index (χ4v) is 3.21. The van der Waals surface area contributed by atoms with Crippen molar-refractivity contribution >= 4 is 17.7 Å². The number of ether oxygens (including phenoxy) is 1. The summed E-state index contributed by atoms with van der Waals surface area (Å²) in [4.78, 5) is 14.2. The summed E-state index contributed by atoms with van der Waals surface area (Å²) in [6.07, 6.45) is 3.09. The third-order valence-electron chi connectivity index (χ3n) is 4.51. The molecule has 2 aliphatic heterocycles. The Labute approximate surface area is 145 Å². The average molecular weight is 342 g/mol. The van der Waals surface area contributed by atoms with Gasteiger partial charge < -0.3 is 14.7 Å². The molecular weight excluding hydrogens is 322 g/mol. The van der Waals surface area contributed by atoms with Crippen molar-refractivity contribution in [1.82, 2.24) is 4.90 Å².